The molecule has 65 heavy (non-hydrogen) atoms. The maximum absolute atomic E-state index is 13.6. The minimum atomic E-state index is -0.727. The van der Waals surface area contributed by atoms with Crippen LogP contribution >= 0.6 is 11.3 Å². The van der Waals surface area contributed by atoms with Gasteiger partial charge in [-0.2, -0.15) is 5.10 Å². The van der Waals surface area contributed by atoms with E-state index in [1.54, 1.807) is 30.3 Å². The number of aromatic nitrogens is 1. The van der Waals surface area contributed by atoms with Gasteiger partial charge in [0.25, 0.3) is 0 Å². The molecule has 4 aromatic carbocycles. The predicted molar refractivity (Wildman–Crippen MR) is 250 cm³/mol. The molecule has 0 aliphatic rings. The molecule has 0 saturated heterocycles. The zero-order chi connectivity index (χ0) is 46.2. The van der Waals surface area contributed by atoms with Crippen molar-refractivity contribution in [3.63, 3.8) is 0 Å². The highest BCUT2D eigenvalue weighted by Gasteiger charge is 2.22. The Balaban J connectivity index is 1.26. The number of hydrazone groups is 1. The summed E-state index contributed by atoms with van der Waals surface area (Å²) in [7, 11) is 0. The lowest BCUT2D eigenvalue weighted by atomic mass is 10.1. The molecule has 5 rings (SSSR count). The van der Waals surface area contributed by atoms with Crippen molar-refractivity contribution in [2.45, 2.75) is 64.9 Å². The molecule has 5 aromatic rings. The van der Waals surface area contributed by atoms with E-state index in [2.05, 4.69) is 35.2 Å². The monoisotopic (exact) mass is 903 g/mol. The fraction of sp³-hybridized carbons (Fsp3) is 0.280. The fourth-order valence-electron chi connectivity index (χ4n) is 5.89. The average Bonchev–Trinajstić information content (AvgIpc) is 3.74. The Morgan fingerprint density at radius 2 is 1.25 bits per heavy atom. The molecule has 1 heterocycles. The zero-order valence-electron chi connectivity index (χ0n) is 36.4. The van der Waals surface area contributed by atoms with Crippen molar-refractivity contribution in [2.24, 2.45) is 5.10 Å². The van der Waals surface area contributed by atoms with E-state index in [1.165, 1.54) is 30.5 Å². The molecule has 0 saturated carbocycles. The third-order valence-corrected chi connectivity index (χ3v) is 10.3. The van der Waals surface area contributed by atoms with Gasteiger partial charge in [-0.05, 0) is 125 Å². The van der Waals surface area contributed by atoms with E-state index >= 15 is 0 Å². The van der Waals surface area contributed by atoms with E-state index < -0.39 is 23.9 Å². The molecule has 0 aliphatic heterocycles. The van der Waals surface area contributed by atoms with Gasteiger partial charge in [0.15, 0.2) is 11.5 Å². The largest absolute Gasteiger partial charge is 0.494 e. The Morgan fingerprint density at radius 1 is 0.677 bits per heavy atom. The number of fused-ring (bicyclic) bond motifs is 1. The maximum Gasteiger partial charge on any atom is 0.343 e. The van der Waals surface area contributed by atoms with Crippen LogP contribution < -0.4 is 29.1 Å². The first kappa shape index (κ1) is 48.8. The van der Waals surface area contributed by atoms with Gasteiger partial charge < -0.3 is 33.2 Å². The minimum Gasteiger partial charge on any atom is -0.494 e. The van der Waals surface area contributed by atoms with Crippen LogP contribution in [0.1, 0.15) is 79.8 Å². The van der Waals surface area contributed by atoms with E-state index in [4.69, 9.17) is 33.2 Å². The van der Waals surface area contributed by atoms with Gasteiger partial charge in [0.1, 0.15) is 23.9 Å². The number of rotatable bonds is 28. The van der Waals surface area contributed by atoms with E-state index in [9.17, 15) is 19.2 Å². The Bertz CT molecular complexity index is 2390. The first-order valence-corrected chi connectivity index (χ1v) is 22.0. The van der Waals surface area contributed by atoms with Crippen LogP contribution in [0.4, 0.5) is 5.13 Å². The summed E-state index contributed by atoms with van der Waals surface area (Å²) in [5.41, 5.74) is 5.06. The Hall–Kier alpha value is -7.26. The quantitative estimate of drug-likeness (QED) is 0.0126. The molecule has 0 aliphatic carbocycles. The molecule has 14 nitrogen and oxygen atoms in total. The molecular weight excluding hydrogens is 851 g/mol. The third-order valence-electron chi connectivity index (χ3n) is 9.36. The number of hydrogen-bond donors (Lipinski definition) is 1. The SMILES string of the molecule is C=CC(=O)OCCCCCCOc1ccc(COc2ccc(OC(=O)c3ccc(OCCCCCCOC(=O)C=C)cc3)c(/C=N/Nc3nc4ccccc4s3)c2OC(=O)C(=C)C)cc1. The molecule has 1 aromatic heterocycles. The topological polar surface area (TPSA) is 170 Å². The number of unbranched alkanes of at least 4 members (excludes halogenated alkanes) is 6. The van der Waals surface area contributed by atoms with Crippen LogP contribution in [-0.2, 0) is 30.5 Å². The lowest BCUT2D eigenvalue weighted by molar-refractivity contribution is -0.138. The highest BCUT2D eigenvalue weighted by molar-refractivity contribution is 7.22. The number of benzene rings is 4. The van der Waals surface area contributed by atoms with Crippen LogP contribution in [0.2, 0.25) is 0 Å². The highest BCUT2D eigenvalue weighted by Crippen LogP contribution is 2.38. The number of esters is 4. The van der Waals surface area contributed by atoms with E-state index in [0.29, 0.717) is 43.1 Å². The van der Waals surface area contributed by atoms with Crippen molar-refractivity contribution in [1.29, 1.82) is 0 Å². The summed E-state index contributed by atoms with van der Waals surface area (Å²) in [6.07, 6.45) is 10.5. The second-order valence-corrected chi connectivity index (χ2v) is 15.5. The number of carbonyl (C=O) groups is 4. The molecule has 15 heteroatoms. The minimum absolute atomic E-state index is 0.0407. The molecule has 0 atom stereocenters. The molecule has 340 valence electrons. The number of para-hydroxylation sites is 1. The highest BCUT2D eigenvalue weighted by atomic mass is 32.1. The summed E-state index contributed by atoms with van der Waals surface area (Å²) < 4.78 is 40.7. The van der Waals surface area contributed by atoms with Crippen LogP contribution in [0.5, 0.6) is 28.7 Å². The van der Waals surface area contributed by atoms with Crippen molar-refractivity contribution in [1.82, 2.24) is 4.98 Å². The summed E-state index contributed by atoms with van der Waals surface area (Å²) in [6.45, 7) is 13.9. The molecule has 0 spiro atoms. The Morgan fingerprint density at radius 3 is 1.83 bits per heavy atom. The smallest absolute Gasteiger partial charge is 0.343 e. The molecule has 0 bridgehead atoms. The number of hydrogen-bond acceptors (Lipinski definition) is 15. The van der Waals surface area contributed by atoms with E-state index in [0.717, 1.165) is 79.3 Å². The Kier molecular flexibility index (Phi) is 19.8. The molecular formula is C50H53N3O11S. The van der Waals surface area contributed by atoms with Crippen LogP contribution in [-0.4, -0.2) is 61.5 Å². The number of nitrogens with one attached hydrogen (secondary N) is 1. The van der Waals surface area contributed by atoms with Crippen LogP contribution in [0.25, 0.3) is 10.2 Å². The lowest BCUT2D eigenvalue weighted by Gasteiger charge is -2.17. The van der Waals surface area contributed by atoms with Gasteiger partial charge >= 0.3 is 23.9 Å². The van der Waals surface area contributed by atoms with Gasteiger partial charge in [0.05, 0.1) is 54.0 Å². The summed E-state index contributed by atoms with van der Waals surface area (Å²) in [6, 6.07) is 24.7. The average molecular weight is 904 g/mol. The van der Waals surface area contributed by atoms with Crippen LogP contribution in [0.3, 0.4) is 0 Å². The second-order valence-electron chi connectivity index (χ2n) is 14.4. The van der Waals surface area contributed by atoms with E-state index in [-0.39, 0.29) is 40.6 Å². The Labute approximate surface area is 382 Å². The normalized spacial score (nSPS) is 10.8. The number of nitrogens with zero attached hydrogens (tertiary/aromatic N) is 2. The molecule has 0 radical (unpaired) electrons. The van der Waals surface area contributed by atoms with Gasteiger partial charge in [0, 0.05) is 17.7 Å². The van der Waals surface area contributed by atoms with Crippen molar-refractivity contribution in [2.75, 3.05) is 31.9 Å². The number of thiazole rings is 1. The van der Waals surface area contributed by atoms with Crippen LogP contribution in [0, 0.1) is 0 Å². The van der Waals surface area contributed by atoms with E-state index in [1.807, 2.05) is 48.5 Å². The molecule has 0 fully saturated rings. The number of anilines is 1. The van der Waals surface area contributed by atoms with Gasteiger partial charge in [0.2, 0.25) is 5.13 Å². The van der Waals surface area contributed by atoms with Gasteiger partial charge in [-0.15, -0.1) is 0 Å². The van der Waals surface area contributed by atoms with Crippen molar-refractivity contribution >= 4 is 56.8 Å². The van der Waals surface area contributed by atoms with Gasteiger partial charge in [-0.1, -0.05) is 55.3 Å². The summed E-state index contributed by atoms with van der Waals surface area (Å²) in [5, 5.41) is 4.92. The summed E-state index contributed by atoms with van der Waals surface area (Å²) in [5.74, 6) is -0.783. The third kappa shape index (κ3) is 16.4. The molecule has 0 unspecified atom stereocenters. The zero-order valence-corrected chi connectivity index (χ0v) is 37.2. The first-order valence-electron chi connectivity index (χ1n) is 21.2. The van der Waals surface area contributed by atoms with Crippen molar-refractivity contribution in [3.05, 3.63) is 139 Å². The van der Waals surface area contributed by atoms with Crippen molar-refractivity contribution in [3.8, 4) is 28.7 Å². The molecule has 1 N–H and O–H groups in total. The van der Waals surface area contributed by atoms with Gasteiger partial charge in [-0.3, -0.25) is 5.43 Å². The number of ether oxygens (including phenoxy) is 7. The second kappa shape index (κ2) is 26.4. The lowest BCUT2D eigenvalue weighted by Crippen LogP contribution is -2.14. The standard InChI is InChI=1S/C50H53N3O11S/c1-5-45(54)60-31-15-9-7-13-29-58-38-23-19-36(20-24-38)34-62-43-28-27-42(63-49(57)37-21-25-39(26-22-37)59-30-14-8-10-16-32-61-46(55)6-2)40(47(43)64-48(56)35(3)4)33-51-53-50-52-41-17-11-12-18-44(41)65-50/h5-6,11-12,17-28,33H,1-3,7-10,13-16,29-32,34H2,4H3,(H,52,53)/b51-33+. The van der Waals surface area contributed by atoms with Crippen molar-refractivity contribution < 1.29 is 52.3 Å². The summed E-state index contributed by atoms with van der Waals surface area (Å²) in [4.78, 5) is 53.6. The van der Waals surface area contributed by atoms with Crippen LogP contribution in [0.15, 0.2) is 127 Å². The number of carbonyl (C=O) groups excluding carboxylic acids is 4. The predicted octanol–water partition coefficient (Wildman–Crippen LogP) is 10.4. The summed E-state index contributed by atoms with van der Waals surface area (Å²) >= 11 is 1.40. The first-order chi connectivity index (χ1) is 31.6. The fourth-order valence-corrected chi connectivity index (χ4v) is 6.71. The van der Waals surface area contributed by atoms with Gasteiger partial charge in [-0.25, -0.2) is 24.2 Å². The maximum atomic E-state index is 13.6. The molecule has 0 amide bonds.